The van der Waals surface area contributed by atoms with Crippen molar-refractivity contribution in [3.8, 4) is 0 Å². The lowest BCUT2D eigenvalue weighted by atomic mass is 10.0. The van der Waals surface area contributed by atoms with Crippen molar-refractivity contribution < 1.29 is 14.3 Å². The van der Waals surface area contributed by atoms with Gasteiger partial charge in [0.15, 0.2) is 0 Å². The van der Waals surface area contributed by atoms with E-state index < -0.39 is 0 Å². The molecule has 2 saturated carbocycles. The predicted molar refractivity (Wildman–Crippen MR) is 89.4 cm³/mol. The Hall–Kier alpha value is -2.01. The van der Waals surface area contributed by atoms with Gasteiger partial charge in [0.25, 0.3) is 5.91 Å². The molecule has 2 aliphatic carbocycles. The summed E-state index contributed by atoms with van der Waals surface area (Å²) >= 11 is 0. The summed E-state index contributed by atoms with van der Waals surface area (Å²) in [5, 5.41) is 12.8. The number of hydrogen-bond acceptors (Lipinski definition) is 3. The number of amides is 1. The van der Waals surface area contributed by atoms with Gasteiger partial charge < -0.3 is 10.4 Å². The predicted octanol–water partition coefficient (Wildman–Crippen LogP) is 3.14. The van der Waals surface area contributed by atoms with Gasteiger partial charge in [-0.25, -0.2) is 4.39 Å². The lowest BCUT2D eigenvalue weighted by molar-refractivity contribution is 0.0926. The molecule has 2 aromatic rings. The van der Waals surface area contributed by atoms with Crippen LogP contribution in [0.4, 0.5) is 4.39 Å². The number of carbonyl (C=O) groups is 1. The molecule has 1 heterocycles. The molecule has 0 bridgehead atoms. The third-order valence-electron chi connectivity index (χ3n) is 4.98. The highest BCUT2D eigenvalue weighted by Crippen LogP contribution is 2.40. The number of nitrogens with zero attached hydrogens (tertiary/aromatic N) is 1. The zero-order chi connectivity index (χ0) is 16.7. The van der Waals surface area contributed by atoms with Gasteiger partial charge in [-0.2, -0.15) is 0 Å². The smallest absolute Gasteiger partial charge is 0.252 e. The van der Waals surface area contributed by atoms with Crippen molar-refractivity contribution in [1.29, 1.82) is 0 Å². The van der Waals surface area contributed by atoms with Gasteiger partial charge in [-0.05, 0) is 62.3 Å². The second-order valence-corrected chi connectivity index (χ2v) is 6.96. The van der Waals surface area contributed by atoms with Gasteiger partial charge in [-0.15, -0.1) is 0 Å². The van der Waals surface area contributed by atoms with E-state index in [1.807, 2.05) is 6.07 Å². The van der Waals surface area contributed by atoms with Crippen LogP contribution in [0.2, 0.25) is 0 Å². The van der Waals surface area contributed by atoms with Gasteiger partial charge in [-0.3, -0.25) is 9.78 Å². The van der Waals surface area contributed by atoms with Crippen molar-refractivity contribution in [2.75, 3.05) is 6.61 Å². The lowest BCUT2D eigenvalue weighted by Crippen LogP contribution is -2.37. The summed E-state index contributed by atoms with van der Waals surface area (Å²) in [6.45, 7) is 0.0560. The van der Waals surface area contributed by atoms with Crippen molar-refractivity contribution in [3.05, 3.63) is 41.3 Å². The second-order valence-electron chi connectivity index (χ2n) is 6.96. The van der Waals surface area contributed by atoms with Crippen molar-refractivity contribution in [3.63, 3.8) is 0 Å². The first-order valence-corrected chi connectivity index (χ1v) is 8.67. The Morgan fingerprint density at radius 3 is 2.75 bits per heavy atom. The maximum absolute atomic E-state index is 13.7. The fourth-order valence-electron chi connectivity index (χ4n) is 3.30. The van der Waals surface area contributed by atoms with Crippen LogP contribution in [0.25, 0.3) is 10.9 Å². The molecule has 0 aliphatic heterocycles. The molecule has 1 unspecified atom stereocenters. The summed E-state index contributed by atoms with van der Waals surface area (Å²) < 4.78 is 13.7. The molecule has 0 saturated heterocycles. The monoisotopic (exact) mass is 328 g/mol. The van der Waals surface area contributed by atoms with Crippen LogP contribution in [0.1, 0.15) is 54.1 Å². The number of nitrogens with one attached hydrogen (secondary N) is 1. The number of aliphatic hydroxyl groups is 1. The number of benzene rings is 1. The van der Waals surface area contributed by atoms with Crippen LogP contribution >= 0.6 is 0 Å². The van der Waals surface area contributed by atoms with Crippen LogP contribution in [-0.2, 0) is 0 Å². The Balaban J connectivity index is 1.70. The minimum atomic E-state index is -0.369. The minimum Gasteiger partial charge on any atom is -0.396 e. The zero-order valence-corrected chi connectivity index (χ0v) is 13.5. The van der Waals surface area contributed by atoms with Crippen LogP contribution in [-0.4, -0.2) is 28.6 Å². The molecule has 4 rings (SSSR count). The molecule has 126 valence electrons. The summed E-state index contributed by atoms with van der Waals surface area (Å²) in [6.07, 6.45) is 4.92. The van der Waals surface area contributed by atoms with Gasteiger partial charge in [0, 0.05) is 29.6 Å². The summed E-state index contributed by atoms with van der Waals surface area (Å²) in [5.74, 6) is 0.309. The van der Waals surface area contributed by atoms with Crippen molar-refractivity contribution in [2.45, 2.75) is 44.1 Å². The summed E-state index contributed by atoms with van der Waals surface area (Å²) in [6, 6.07) is 6.21. The summed E-state index contributed by atoms with van der Waals surface area (Å²) in [4.78, 5) is 17.4. The Bertz CT molecular complexity index is 784. The van der Waals surface area contributed by atoms with Gasteiger partial charge in [0.05, 0.1) is 11.1 Å². The minimum absolute atomic E-state index is 0.0105. The first kappa shape index (κ1) is 15.5. The Kier molecular flexibility index (Phi) is 3.96. The molecule has 2 N–H and O–H groups in total. The number of halogens is 1. The quantitative estimate of drug-likeness (QED) is 0.856. The average molecular weight is 328 g/mol. The highest BCUT2D eigenvalue weighted by atomic mass is 19.1. The first-order chi connectivity index (χ1) is 11.7. The van der Waals surface area contributed by atoms with Gasteiger partial charge in [-0.1, -0.05) is 0 Å². The number of aromatic nitrogens is 1. The zero-order valence-electron chi connectivity index (χ0n) is 13.5. The molecule has 24 heavy (non-hydrogen) atoms. The maximum Gasteiger partial charge on any atom is 0.252 e. The standard InChI is InChI=1S/C19H21FN2O2/c20-13-5-6-17-14(9-13)15(10-18(21-17)12-3-4-12)19(24)22-16(7-8-23)11-1-2-11/h5-6,9-12,16,23H,1-4,7-8H2,(H,22,24). The van der Waals surface area contributed by atoms with E-state index in [4.69, 9.17) is 0 Å². The number of carbonyl (C=O) groups excluding carboxylic acids is 1. The van der Waals surface area contributed by atoms with E-state index in [-0.39, 0.29) is 24.4 Å². The Morgan fingerprint density at radius 1 is 1.29 bits per heavy atom. The van der Waals surface area contributed by atoms with E-state index >= 15 is 0 Å². The number of aliphatic hydroxyl groups excluding tert-OH is 1. The largest absolute Gasteiger partial charge is 0.396 e. The summed E-state index contributed by atoms with van der Waals surface area (Å²) in [7, 11) is 0. The first-order valence-electron chi connectivity index (χ1n) is 8.67. The molecule has 1 atom stereocenters. The molecule has 0 spiro atoms. The molecule has 0 radical (unpaired) electrons. The highest BCUT2D eigenvalue weighted by molar-refractivity contribution is 6.06. The van der Waals surface area contributed by atoms with Crippen molar-refractivity contribution >= 4 is 16.8 Å². The van der Waals surface area contributed by atoms with E-state index in [0.717, 1.165) is 31.4 Å². The molecule has 1 aromatic carbocycles. The summed E-state index contributed by atoms with van der Waals surface area (Å²) in [5.41, 5.74) is 2.07. The molecule has 5 heteroatoms. The molecule has 1 amide bonds. The molecule has 2 aliphatic rings. The van der Waals surface area contributed by atoms with E-state index in [1.54, 1.807) is 6.07 Å². The van der Waals surface area contributed by atoms with Gasteiger partial charge in [0.1, 0.15) is 5.82 Å². The highest BCUT2D eigenvalue weighted by Gasteiger charge is 2.33. The molecule has 1 aromatic heterocycles. The third kappa shape index (κ3) is 3.13. The third-order valence-corrected chi connectivity index (χ3v) is 4.98. The van der Waals surface area contributed by atoms with E-state index in [9.17, 15) is 14.3 Å². The Morgan fingerprint density at radius 2 is 2.08 bits per heavy atom. The van der Waals surface area contributed by atoms with Crippen LogP contribution in [0.15, 0.2) is 24.3 Å². The average Bonchev–Trinajstić information content (AvgIpc) is 3.46. The van der Waals surface area contributed by atoms with Crippen molar-refractivity contribution in [1.82, 2.24) is 10.3 Å². The molecule has 4 nitrogen and oxygen atoms in total. The number of rotatable bonds is 6. The fourth-order valence-corrected chi connectivity index (χ4v) is 3.30. The van der Waals surface area contributed by atoms with Crippen LogP contribution in [0.5, 0.6) is 0 Å². The molecular weight excluding hydrogens is 307 g/mol. The Labute approximate surface area is 140 Å². The van der Waals surface area contributed by atoms with E-state index in [2.05, 4.69) is 10.3 Å². The van der Waals surface area contributed by atoms with Crippen LogP contribution < -0.4 is 5.32 Å². The van der Waals surface area contributed by atoms with E-state index in [1.165, 1.54) is 12.1 Å². The lowest BCUT2D eigenvalue weighted by Gasteiger charge is -2.18. The molecular formula is C19H21FN2O2. The topological polar surface area (TPSA) is 62.2 Å². The maximum atomic E-state index is 13.7. The number of pyridine rings is 1. The van der Waals surface area contributed by atoms with Crippen LogP contribution in [0, 0.1) is 11.7 Å². The van der Waals surface area contributed by atoms with Crippen LogP contribution in [0.3, 0.4) is 0 Å². The second kappa shape index (κ2) is 6.13. The van der Waals surface area contributed by atoms with Crippen molar-refractivity contribution in [2.24, 2.45) is 5.92 Å². The van der Waals surface area contributed by atoms with E-state index in [0.29, 0.717) is 34.7 Å². The SMILES string of the molecule is O=C(NC(CCO)C1CC1)c1cc(C2CC2)nc2ccc(F)cc12. The normalized spacial score (nSPS) is 18.6. The number of hydrogen-bond donors (Lipinski definition) is 2. The van der Waals surface area contributed by atoms with Gasteiger partial charge in [0.2, 0.25) is 0 Å². The fraction of sp³-hybridized carbons (Fsp3) is 0.474. The molecule has 2 fully saturated rings. The van der Waals surface area contributed by atoms with Gasteiger partial charge >= 0.3 is 0 Å². The number of fused-ring (bicyclic) bond motifs is 1.